The number of hydrogen-bond acceptors (Lipinski definition) is 17. The lowest BCUT2D eigenvalue weighted by molar-refractivity contribution is -0.168. The van der Waals surface area contributed by atoms with Crippen LogP contribution in [0.2, 0.25) is 0 Å². The SMILES string of the molecule is CC(N)(CC1C(=O)NC(=O)NC1=O)C(=O)O.CN1C(=O)NC(=O)C(C(N)C(=O)O)C1=O.CN1C(=O)NC(=O)C(CCCC(=O)O)(C(N)(CCCCC(=O)O)C(=O)O)C1=O. The summed E-state index contributed by atoms with van der Waals surface area (Å²) >= 11 is 0. The van der Waals surface area contributed by atoms with E-state index in [4.69, 9.17) is 37.6 Å². The van der Waals surface area contributed by atoms with Gasteiger partial charge in [0.05, 0.1) is 0 Å². The van der Waals surface area contributed by atoms with Crippen molar-refractivity contribution in [3.05, 3.63) is 0 Å². The fraction of sp³-hybridized carbons (Fsp3) is 0.548. The Balaban J connectivity index is 0.000000477. The Morgan fingerprint density at radius 1 is 0.712 bits per heavy atom. The van der Waals surface area contributed by atoms with Crippen molar-refractivity contribution in [1.29, 1.82) is 0 Å². The quantitative estimate of drug-likeness (QED) is 0.0512. The van der Waals surface area contributed by atoms with E-state index in [1.54, 1.807) is 0 Å². The molecule has 28 heteroatoms. The van der Waals surface area contributed by atoms with E-state index in [1.165, 1.54) is 6.92 Å². The molecule has 5 atom stereocenters. The van der Waals surface area contributed by atoms with Gasteiger partial charge in [-0.15, -0.1) is 0 Å². The van der Waals surface area contributed by atoms with Crippen molar-refractivity contribution >= 4 is 83.4 Å². The number of rotatable bonds is 16. The maximum atomic E-state index is 12.9. The Kier molecular flexibility index (Phi) is 16.9. The molecule has 0 bridgehead atoms. The summed E-state index contributed by atoms with van der Waals surface area (Å²) in [6, 6.07) is -4.52. The van der Waals surface area contributed by atoms with Crippen molar-refractivity contribution in [3.63, 3.8) is 0 Å². The van der Waals surface area contributed by atoms with Gasteiger partial charge in [-0.2, -0.15) is 0 Å². The monoisotopic (exact) mass is 845 g/mol. The van der Waals surface area contributed by atoms with Gasteiger partial charge >= 0.3 is 47.9 Å². The van der Waals surface area contributed by atoms with Crippen LogP contribution in [0.4, 0.5) is 14.4 Å². The van der Waals surface area contributed by atoms with E-state index in [2.05, 4.69) is 0 Å². The number of imide groups is 6. The van der Waals surface area contributed by atoms with E-state index in [0.29, 0.717) is 9.80 Å². The van der Waals surface area contributed by atoms with Gasteiger partial charge in [-0.25, -0.2) is 14.4 Å². The van der Waals surface area contributed by atoms with E-state index >= 15 is 0 Å². The predicted octanol–water partition coefficient (Wildman–Crippen LogP) is -4.75. The van der Waals surface area contributed by atoms with Crippen LogP contribution in [0, 0.1) is 17.3 Å². The number of nitrogens with one attached hydrogen (secondary N) is 4. The summed E-state index contributed by atoms with van der Waals surface area (Å²) in [6.45, 7) is 1.19. The van der Waals surface area contributed by atoms with E-state index in [1.807, 2.05) is 21.3 Å². The summed E-state index contributed by atoms with van der Waals surface area (Å²) in [6.07, 6.45) is -2.24. The summed E-state index contributed by atoms with van der Waals surface area (Å²) in [7, 11) is 2.18. The van der Waals surface area contributed by atoms with Crippen LogP contribution in [0.1, 0.15) is 58.3 Å². The zero-order valence-corrected chi connectivity index (χ0v) is 31.5. The molecule has 3 aliphatic heterocycles. The van der Waals surface area contributed by atoms with Crippen LogP contribution in [0.3, 0.4) is 0 Å². The number of nitrogens with zero attached hydrogens (tertiary/aromatic N) is 2. The first kappa shape index (κ1) is 50.1. The normalized spacial score (nSPS) is 22.1. The molecule has 3 aliphatic rings. The molecule has 5 unspecified atom stereocenters. The fourth-order valence-corrected chi connectivity index (χ4v) is 5.68. The number of hydrogen-bond donors (Lipinski definition) is 12. The van der Waals surface area contributed by atoms with Crippen molar-refractivity contribution in [2.75, 3.05) is 14.1 Å². The van der Waals surface area contributed by atoms with Gasteiger partial charge in [-0.05, 0) is 39.0 Å². The molecule has 3 heterocycles. The lowest BCUT2D eigenvalue weighted by Crippen LogP contribution is -2.75. The molecule has 59 heavy (non-hydrogen) atoms. The zero-order valence-electron chi connectivity index (χ0n) is 31.5. The second-order valence-corrected chi connectivity index (χ2v) is 13.5. The third-order valence-corrected chi connectivity index (χ3v) is 9.16. The molecule has 3 saturated heterocycles. The molecule has 15 N–H and O–H groups in total. The lowest BCUT2D eigenvalue weighted by Gasteiger charge is -2.46. The third kappa shape index (κ3) is 11.8. The first-order valence-corrected chi connectivity index (χ1v) is 16.9. The van der Waals surface area contributed by atoms with Gasteiger partial charge in [0.1, 0.15) is 29.0 Å². The first-order chi connectivity index (χ1) is 27.0. The highest BCUT2D eigenvalue weighted by atomic mass is 16.4. The minimum absolute atomic E-state index is 0.0198. The van der Waals surface area contributed by atoms with Crippen LogP contribution in [-0.4, -0.2) is 150 Å². The Hall–Kier alpha value is -6.94. The zero-order chi connectivity index (χ0) is 46.0. The number of amides is 12. The Morgan fingerprint density at radius 2 is 1.20 bits per heavy atom. The fourth-order valence-electron chi connectivity index (χ4n) is 5.68. The highest BCUT2D eigenvalue weighted by Crippen LogP contribution is 2.43. The molecular formula is C31H43N9O19. The summed E-state index contributed by atoms with van der Waals surface area (Å²) in [4.78, 5) is 160. The molecule has 0 saturated carbocycles. The number of aliphatic carboxylic acids is 5. The molecule has 0 spiro atoms. The Morgan fingerprint density at radius 3 is 1.66 bits per heavy atom. The third-order valence-electron chi connectivity index (χ3n) is 9.16. The Bertz CT molecular complexity index is 1810. The van der Waals surface area contributed by atoms with Gasteiger partial charge in [-0.3, -0.25) is 83.8 Å². The van der Waals surface area contributed by atoms with Crippen molar-refractivity contribution in [3.8, 4) is 0 Å². The van der Waals surface area contributed by atoms with Gasteiger partial charge < -0.3 is 42.7 Å². The average molecular weight is 846 g/mol. The molecule has 3 rings (SSSR count). The molecule has 3 fully saturated rings. The molecule has 0 radical (unpaired) electrons. The summed E-state index contributed by atoms with van der Waals surface area (Å²) in [5.41, 5.74) is 10.0. The average Bonchev–Trinajstić information content (AvgIpc) is 3.11. The van der Waals surface area contributed by atoms with Crippen LogP contribution in [0.25, 0.3) is 0 Å². The van der Waals surface area contributed by atoms with E-state index in [-0.39, 0.29) is 32.1 Å². The van der Waals surface area contributed by atoms with Crippen LogP contribution in [0.5, 0.6) is 0 Å². The van der Waals surface area contributed by atoms with Crippen LogP contribution in [-0.2, 0) is 52.7 Å². The second-order valence-electron chi connectivity index (χ2n) is 13.5. The minimum Gasteiger partial charge on any atom is -0.481 e. The van der Waals surface area contributed by atoms with Crippen molar-refractivity contribution in [1.82, 2.24) is 31.1 Å². The largest absolute Gasteiger partial charge is 0.481 e. The van der Waals surface area contributed by atoms with Crippen molar-refractivity contribution in [2.45, 2.75) is 75.4 Å². The van der Waals surface area contributed by atoms with E-state index < -0.39 is 137 Å². The molecule has 0 aromatic carbocycles. The number of nitrogens with two attached hydrogens (primary N) is 3. The minimum atomic E-state index is -2.47. The van der Waals surface area contributed by atoms with Crippen LogP contribution >= 0.6 is 0 Å². The molecule has 0 aromatic heterocycles. The first-order valence-electron chi connectivity index (χ1n) is 16.9. The molecule has 0 aliphatic carbocycles. The van der Waals surface area contributed by atoms with Gasteiger partial charge in [0.25, 0.3) is 0 Å². The van der Waals surface area contributed by atoms with E-state index in [0.717, 1.165) is 14.1 Å². The number of carbonyl (C=O) groups is 14. The molecule has 0 aromatic rings. The van der Waals surface area contributed by atoms with Crippen LogP contribution in [0.15, 0.2) is 0 Å². The second kappa shape index (κ2) is 20.0. The number of unbranched alkanes of at least 4 members (excludes halogenated alkanes) is 1. The van der Waals surface area contributed by atoms with Crippen molar-refractivity contribution < 1.29 is 92.7 Å². The molecule has 28 nitrogen and oxygen atoms in total. The van der Waals surface area contributed by atoms with Gasteiger partial charge in [-0.1, -0.05) is 6.42 Å². The molecular weight excluding hydrogens is 802 g/mol. The van der Waals surface area contributed by atoms with E-state index in [9.17, 15) is 72.2 Å². The molecule has 326 valence electrons. The van der Waals surface area contributed by atoms with Crippen LogP contribution < -0.4 is 38.5 Å². The van der Waals surface area contributed by atoms with Gasteiger partial charge in [0, 0.05) is 26.9 Å². The summed E-state index contributed by atoms with van der Waals surface area (Å²) < 4.78 is 0. The Labute approximate surface area is 331 Å². The highest BCUT2D eigenvalue weighted by Gasteiger charge is 2.66. The summed E-state index contributed by atoms with van der Waals surface area (Å²) in [5.74, 6) is -15.6. The van der Waals surface area contributed by atoms with Crippen molar-refractivity contribution in [2.24, 2.45) is 34.5 Å². The van der Waals surface area contributed by atoms with Gasteiger partial charge in [0.15, 0.2) is 5.41 Å². The summed E-state index contributed by atoms with van der Waals surface area (Å²) in [5, 5.41) is 52.1. The number of carboxylic acid groups (broad SMARTS) is 5. The predicted molar refractivity (Wildman–Crippen MR) is 186 cm³/mol. The van der Waals surface area contributed by atoms with Gasteiger partial charge in [0.2, 0.25) is 35.4 Å². The number of urea groups is 3. The smallest absolute Gasteiger partial charge is 0.330 e. The number of carbonyl (C=O) groups excluding carboxylic acids is 9. The number of carboxylic acids is 5. The maximum absolute atomic E-state index is 12.9. The highest BCUT2D eigenvalue weighted by molar-refractivity contribution is 6.22. The molecule has 12 amide bonds. The number of barbiturate groups is 3. The maximum Gasteiger partial charge on any atom is 0.330 e. The standard InChI is InChI=1S/C16H23N3O9.C8H11N3O5.C7H9N3O5/c1-19-12(25)15(7-4-6-10(22)23,11(24)18-14(19)28)16(17,13(26)27)8-3-2-5-9(20)21;1-8(9,6(14)15)2-3-4(12)10-7(16)11-5(3)13;1-10-5(12)2(3(8)6(13)14)4(11)9-7(10)15/h2-8,17H2,1H3,(H,20,21)(H,22,23)(H,26,27)(H,18,24,28);3H,2,9H2,1H3,(H,14,15)(H2,10,11,12,13,16);2-3H,8H2,1H3,(H,13,14)(H,9,11,15). The lowest BCUT2D eigenvalue weighted by atomic mass is 9.62. The topological polar surface area (TPSA) is 473 Å².